The minimum atomic E-state index is -0.280. The van der Waals surface area contributed by atoms with Crippen LogP contribution in [0.1, 0.15) is 33.6 Å². The highest BCUT2D eigenvalue weighted by molar-refractivity contribution is 7.80. The van der Waals surface area contributed by atoms with E-state index < -0.39 is 0 Å². The number of carbonyl (C=O) groups is 1. The van der Waals surface area contributed by atoms with Gasteiger partial charge in [0.2, 0.25) is 0 Å². The van der Waals surface area contributed by atoms with Crippen LogP contribution in [0.25, 0.3) is 0 Å². The second kappa shape index (κ2) is 7.89. The van der Waals surface area contributed by atoms with E-state index >= 15 is 0 Å². The van der Waals surface area contributed by atoms with Crippen molar-refractivity contribution < 1.29 is 9.53 Å². The molecule has 0 aliphatic heterocycles. The number of thiocarbonyl (C=S) groups is 1. The summed E-state index contributed by atoms with van der Waals surface area (Å²) in [6.45, 7) is 1.82. The summed E-state index contributed by atoms with van der Waals surface area (Å²) in [5.41, 5.74) is 1.80. The fourth-order valence-corrected chi connectivity index (χ4v) is 4.11. The number of carbonyl (C=O) groups excluding carboxylic acids is 1. The van der Waals surface area contributed by atoms with Crippen LogP contribution in [0.5, 0.6) is 0 Å². The van der Waals surface area contributed by atoms with Crippen molar-refractivity contribution in [1.29, 1.82) is 0 Å². The number of aryl methyl sites for hydroxylation is 1. The zero-order valence-electron chi connectivity index (χ0n) is 13.3. The molecule has 2 N–H and O–H groups in total. The van der Waals surface area contributed by atoms with Gasteiger partial charge in [-0.05, 0) is 64.1 Å². The van der Waals surface area contributed by atoms with Gasteiger partial charge in [0.1, 0.15) is 5.00 Å². The highest BCUT2D eigenvalue weighted by Crippen LogP contribution is 2.39. The summed E-state index contributed by atoms with van der Waals surface area (Å²) in [6, 6.07) is 0. The highest BCUT2D eigenvalue weighted by atomic mass is 32.1. The van der Waals surface area contributed by atoms with Crippen LogP contribution in [-0.2, 0) is 17.6 Å². The van der Waals surface area contributed by atoms with Crippen LogP contribution >= 0.6 is 23.6 Å². The average Bonchev–Trinajstić information content (AvgIpc) is 3.03. The molecule has 1 heterocycles. The van der Waals surface area contributed by atoms with Gasteiger partial charge >= 0.3 is 5.97 Å². The van der Waals surface area contributed by atoms with Crippen molar-refractivity contribution in [2.75, 3.05) is 39.6 Å². The lowest BCUT2D eigenvalue weighted by Gasteiger charge is -2.13. The minimum Gasteiger partial charge on any atom is -0.465 e. The normalized spacial score (nSPS) is 13.1. The monoisotopic (exact) mass is 341 g/mol. The Morgan fingerprint density at radius 1 is 1.41 bits per heavy atom. The topological polar surface area (TPSA) is 53.6 Å². The molecule has 0 saturated heterocycles. The average molecular weight is 342 g/mol. The van der Waals surface area contributed by atoms with Crippen LogP contribution in [0, 0.1) is 0 Å². The van der Waals surface area contributed by atoms with E-state index in [-0.39, 0.29) is 5.97 Å². The van der Waals surface area contributed by atoms with Crippen molar-refractivity contribution in [1.82, 2.24) is 10.2 Å². The van der Waals surface area contributed by atoms with Crippen molar-refractivity contribution in [2.45, 2.75) is 25.7 Å². The van der Waals surface area contributed by atoms with Crippen molar-refractivity contribution in [2.24, 2.45) is 0 Å². The van der Waals surface area contributed by atoms with E-state index in [0.29, 0.717) is 10.7 Å². The summed E-state index contributed by atoms with van der Waals surface area (Å²) >= 11 is 6.94. The zero-order chi connectivity index (χ0) is 16.1. The van der Waals surface area contributed by atoms with Gasteiger partial charge < -0.3 is 20.3 Å². The van der Waals surface area contributed by atoms with Gasteiger partial charge in [-0.2, -0.15) is 0 Å². The van der Waals surface area contributed by atoms with Crippen LogP contribution in [0.2, 0.25) is 0 Å². The predicted octanol–water partition coefficient (Wildman–Crippen LogP) is 2.26. The molecule has 22 heavy (non-hydrogen) atoms. The Kier molecular flexibility index (Phi) is 6.16. The molecule has 1 aromatic heterocycles. The Labute approximate surface area is 141 Å². The predicted molar refractivity (Wildman–Crippen MR) is 95.1 cm³/mol. The zero-order valence-corrected chi connectivity index (χ0v) is 15.0. The number of nitrogens with zero attached hydrogens (tertiary/aromatic N) is 1. The highest BCUT2D eigenvalue weighted by Gasteiger charge is 2.27. The summed E-state index contributed by atoms with van der Waals surface area (Å²) in [5, 5.41) is 7.72. The standard InChI is InChI=1S/C15H23N3O2S2/c1-18(2)9-5-8-16-15(21)17-13-12(14(19)20-3)10-6-4-7-11(10)22-13/h4-9H2,1-3H3,(H2,16,17,21). The second-order valence-electron chi connectivity index (χ2n) is 5.59. The number of methoxy groups -OCH3 is 1. The Balaban J connectivity index is 1.97. The van der Waals surface area contributed by atoms with Gasteiger partial charge in [-0.1, -0.05) is 0 Å². The molecule has 0 radical (unpaired) electrons. The van der Waals surface area contributed by atoms with Crippen LogP contribution in [-0.4, -0.2) is 50.3 Å². The van der Waals surface area contributed by atoms with Gasteiger partial charge in [-0.15, -0.1) is 11.3 Å². The number of nitrogens with one attached hydrogen (secondary N) is 2. The first-order valence-electron chi connectivity index (χ1n) is 7.45. The molecule has 1 aliphatic rings. The molecular weight excluding hydrogens is 318 g/mol. The molecule has 0 aromatic carbocycles. The molecule has 2 rings (SSSR count). The van der Waals surface area contributed by atoms with Crippen molar-refractivity contribution in [3.63, 3.8) is 0 Å². The smallest absolute Gasteiger partial charge is 0.341 e. The van der Waals surface area contributed by atoms with Gasteiger partial charge in [0, 0.05) is 11.4 Å². The van der Waals surface area contributed by atoms with Crippen molar-refractivity contribution in [3.8, 4) is 0 Å². The van der Waals surface area contributed by atoms with E-state index in [9.17, 15) is 4.79 Å². The molecule has 0 spiro atoms. The maximum atomic E-state index is 12.0. The fraction of sp³-hybridized carbons (Fsp3) is 0.600. The van der Waals surface area contributed by atoms with Crippen molar-refractivity contribution in [3.05, 3.63) is 16.0 Å². The van der Waals surface area contributed by atoms with E-state index in [1.54, 1.807) is 11.3 Å². The Morgan fingerprint density at radius 2 is 2.18 bits per heavy atom. The van der Waals surface area contributed by atoms with Crippen LogP contribution in [0.15, 0.2) is 0 Å². The van der Waals surface area contributed by atoms with E-state index in [1.807, 2.05) is 14.1 Å². The van der Waals surface area contributed by atoms with Gasteiger partial charge in [-0.25, -0.2) is 4.79 Å². The van der Waals surface area contributed by atoms with Gasteiger partial charge in [0.15, 0.2) is 5.11 Å². The first-order valence-corrected chi connectivity index (χ1v) is 8.67. The van der Waals surface area contributed by atoms with Gasteiger partial charge in [0.05, 0.1) is 12.7 Å². The number of hydrogen-bond acceptors (Lipinski definition) is 5. The van der Waals surface area contributed by atoms with Gasteiger partial charge in [-0.3, -0.25) is 0 Å². The van der Waals surface area contributed by atoms with Crippen molar-refractivity contribution >= 4 is 39.6 Å². The lowest BCUT2D eigenvalue weighted by Crippen LogP contribution is -2.31. The number of thiophene rings is 1. The number of rotatable bonds is 6. The molecular formula is C15H23N3O2S2. The summed E-state index contributed by atoms with van der Waals surface area (Å²) in [6.07, 6.45) is 4.11. The molecule has 0 fully saturated rings. The molecule has 5 nitrogen and oxygen atoms in total. The lowest BCUT2D eigenvalue weighted by molar-refractivity contribution is 0.0601. The molecule has 0 unspecified atom stereocenters. The SMILES string of the molecule is COC(=O)c1c(NC(=S)NCCCN(C)C)sc2c1CCC2. The Morgan fingerprint density at radius 3 is 2.86 bits per heavy atom. The molecule has 0 atom stereocenters. The van der Waals surface area contributed by atoms with Crippen LogP contribution in [0.3, 0.4) is 0 Å². The summed E-state index contributed by atoms with van der Waals surface area (Å²) in [5.74, 6) is -0.280. The molecule has 7 heteroatoms. The third-order valence-corrected chi connectivity index (χ3v) is 5.06. The second-order valence-corrected chi connectivity index (χ2v) is 7.10. The van der Waals surface area contributed by atoms with E-state index in [2.05, 4.69) is 15.5 Å². The number of hydrogen-bond donors (Lipinski definition) is 2. The first-order chi connectivity index (χ1) is 10.5. The number of esters is 1. The fourth-order valence-electron chi connectivity index (χ4n) is 2.55. The molecule has 122 valence electrons. The van der Waals surface area contributed by atoms with E-state index in [0.717, 1.165) is 49.3 Å². The number of anilines is 1. The summed E-state index contributed by atoms with van der Waals surface area (Å²) in [7, 11) is 5.52. The number of ether oxygens (including phenoxy) is 1. The largest absolute Gasteiger partial charge is 0.465 e. The Hall–Kier alpha value is -1.18. The maximum absolute atomic E-state index is 12.0. The molecule has 0 amide bonds. The molecule has 1 aliphatic carbocycles. The van der Waals surface area contributed by atoms with Gasteiger partial charge in [0.25, 0.3) is 0 Å². The molecule has 0 saturated carbocycles. The van der Waals surface area contributed by atoms with E-state index in [1.165, 1.54) is 12.0 Å². The number of fused-ring (bicyclic) bond motifs is 1. The third-order valence-electron chi connectivity index (χ3n) is 3.61. The minimum absolute atomic E-state index is 0.280. The Bertz CT molecular complexity index is 555. The summed E-state index contributed by atoms with van der Waals surface area (Å²) < 4.78 is 4.93. The maximum Gasteiger partial charge on any atom is 0.341 e. The van der Waals surface area contributed by atoms with E-state index in [4.69, 9.17) is 17.0 Å². The van der Waals surface area contributed by atoms with Crippen LogP contribution < -0.4 is 10.6 Å². The quantitative estimate of drug-likeness (QED) is 0.470. The summed E-state index contributed by atoms with van der Waals surface area (Å²) in [4.78, 5) is 15.5. The third kappa shape index (κ3) is 4.18. The first kappa shape index (κ1) is 17.2. The molecule has 1 aromatic rings. The van der Waals surface area contributed by atoms with Crippen LogP contribution in [0.4, 0.5) is 5.00 Å². The lowest BCUT2D eigenvalue weighted by atomic mass is 10.1. The molecule has 0 bridgehead atoms.